The van der Waals surface area contributed by atoms with Crippen LogP contribution < -0.4 is 0 Å². The van der Waals surface area contributed by atoms with E-state index in [9.17, 15) is 0 Å². The van der Waals surface area contributed by atoms with Gasteiger partial charge < -0.3 is 18.1 Å². The highest BCUT2D eigenvalue weighted by Gasteiger charge is 2.20. The molecule has 4 heterocycles. The summed E-state index contributed by atoms with van der Waals surface area (Å²) in [5, 5.41) is 9.68. The topological polar surface area (TPSA) is 27.9 Å². The number of nitrogens with zero attached hydrogens (tertiary/aromatic N) is 3. The molecule has 310 valence electrons. The molecule has 66 heavy (non-hydrogen) atoms. The van der Waals surface area contributed by atoms with Gasteiger partial charge in [-0.3, -0.25) is 0 Å². The number of hydrogen-bond donors (Lipinski definition) is 0. The maximum atomic E-state index is 6.30. The first-order valence-electron chi connectivity index (χ1n) is 22.7. The fourth-order valence-corrected chi connectivity index (χ4v) is 10.9. The van der Waals surface area contributed by atoms with Crippen molar-refractivity contribution >= 4 is 87.4 Å². The van der Waals surface area contributed by atoms with E-state index in [1.165, 1.54) is 87.8 Å². The van der Waals surface area contributed by atoms with Crippen LogP contribution in [-0.2, 0) is 0 Å². The Hall–Kier alpha value is -8.60. The third-order valence-corrected chi connectivity index (χ3v) is 13.9. The maximum absolute atomic E-state index is 6.30. The summed E-state index contributed by atoms with van der Waals surface area (Å²) in [6, 6.07) is 78.0. The van der Waals surface area contributed by atoms with Gasteiger partial charge in [-0.1, -0.05) is 102 Å². The van der Waals surface area contributed by atoms with Crippen molar-refractivity contribution in [2.24, 2.45) is 0 Å². The molecular formula is C62H41N3O. The summed E-state index contributed by atoms with van der Waals surface area (Å²) in [5.74, 6) is 0. The molecule has 0 saturated carbocycles. The Morgan fingerprint density at radius 1 is 0.258 bits per heavy atom. The van der Waals surface area contributed by atoms with Crippen LogP contribution in [0.4, 0.5) is 0 Å². The quantitative estimate of drug-likeness (QED) is 0.170. The van der Waals surface area contributed by atoms with E-state index in [-0.39, 0.29) is 0 Å². The second-order valence-electron chi connectivity index (χ2n) is 17.9. The summed E-state index contributed by atoms with van der Waals surface area (Å²) in [6.07, 6.45) is 0. The van der Waals surface area contributed by atoms with E-state index in [1.807, 2.05) is 12.1 Å². The highest BCUT2D eigenvalue weighted by Crippen LogP contribution is 2.42. The van der Waals surface area contributed by atoms with Crippen molar-refractivity contribution in [3.8, 4) is 39.3 Å². The van der Waals surface area contributed by atoms with Gasteiger partial charge in [-0.25, -0.2) is 0 Å². The van der Waals surface area contributed by atoms with Crippen LogP contribution in [-0.4, -0.2) is 13.7 Å². The lowest BCUT2D eigenvalue weighted by molar-refractivity contribution is 0.669. The van der Waals surface area contributed by atoms with E-state index in [1.54, 1.807) is 0 Å². The minimum absolute atomic E-state index is 0.892. The highest BCUT2D eigenvalue weighted by atomic mass is 16.3. The average Bonchev–Trinajstić information content (AvgIpc) is 4.09. The molecule has 0 radical (unpaired) electrons. The van der Waals surface area contributed by atoms with Gasteiger partial charge in [0.2, 0.25) is 0 Å². The van der Waals surface area contributed by atoms with Gasteiger partial charge in [-0.15, -0.1) is 0 Å². The molecule has 4 heteroatoms. The van der Waals surface area contributed by atoms with Crippen LogP contribution in [0.25, 0.3) is 127 Å². The largest absolute Gasteiger partial charge is 0.456 e. The van der Waals surface area contributed by atoms with Crippen LogP contribution in [0, 0.1) is 13.8 Å². The zero-order valence-corrected chi connectivity index (χ0v) is 36.5. The molecule has 0 aliphatic rings. The number of hydrogen-bond acceptors (Lipinski definition) is 1. The first-order chi connectivity index (χ1) is 32.5. The highest BCUT2D eigenvalue weighted by molar-refractivity contribution is 6.15. The molecule has 0 fully saturated rings. The lowest BCUT2D eigenvalue weighted by Crippen LogP contribution is -1.94. The molecule has 0 atom stereocenters. The second-order valence-corrected chi connectivity index (χ2v) is 17.9. The van der Waals surface area contributed by atoms with Crippen molar-refractivity contribution in [1.29, 1.82) is 0 Å². The van der Waals surface area contributed by atoms with Gasteiger partial charge in [0.1, 0.15) is 11.2 Å². The number of rotatable bonds is 5. The number of furan rings is 1. The fraction of sp³-hybridized carbons (Fsp3) is 0.0323. The van der Waals surface area contributed by atoms with Crippen LogP contribution >= 0.6 is 0 Å². The number of aryl methyl sites for hydroxylation is 2. The number of benzene rings is 10. The van der Waals surface area contributed by atoms with Crippen molar-refractivity contribution in [3.63, 3.8) is 0 Å². The minimum atomic E-state index is 0.892. The van der Waals surface area contributed by atoms with E-state index in [0.717, 1.165) is 50.0 Å². The van der Waals surface area contributed by atoms with Crippen molar-refractivity contribution < 1.29 is 4.42 Å². The molecule has 0 spiro atoms. The number of para-hydroxylation sites is 3. The van der Waals surface area contributed by atoms with E-state index >= 15 is 0 Å². The smallest absolute Gasteiger partial charge is 0.135 e. The van der Waals surface area contributed by atoms with Crippen LogP contribution in [0.15, 0.2) is 217 Å². The van der Waals surface area contributed by atoms with Crippen LogP contribution in [0.3, 0.4) is 0 Å². The molecule has 0 aliphatic carbocycles. The van der Waals surface area contributed by atoms with Crippen LogP contribution in [0.1, 0.15) is 11.1 Å². The molecule has 0 N–H and O–H groups in total. The number of aromatic nitrogens is 3. The predicted molar refractivity (Wildman–Crippen MR) is 277 cm³/mol. The summed E-state index contributed by atoms with van der Waals surface area (Å²) in [4.78, 5) is 0. The van der Waals surface area contributed by atoms with Crippen molar-refractivity contribution in [2.75, 3.05) is 0 Å². The van der Waals surface area contributed by atoms with Gasteiger partial charge in [-0.2, -0.15) is 0 Å². The Bertz CT molecular complexity index is 4070. The standard InChI is InChI=1S/C62H41N3O/c1-38-17-24-55-48(31-38)50-33-40(19-26-57(50)63(55)44-11-5-3-6-12-44)42-21-28-59-52(35-42)53-36-43(22-29-60(53)65(59)46-23-30-62-54(37-46)47-15-9-10-16-61(47)66-62)41-20-27-58-51(34-41)49-32-39(2)18-25-56(49)64(58)45-13-7-4-8-14-45/h3-37H,1-2H3. The van der Waals surface area contributed by atoms with E-state index in [0.29, 0.717) is 0 Å². The maximum Gasteiger partial charge on any atom is 0.135 e. The molecule has 14 rings (SSSR count). The van der Waals surface area contributed by atoms with Crippen molar-refractivity contribution in [2.45, 2.75) is 13.8 Å². The van der Waals surface area contributed by atoms with Crippen molar-refractivity contribution in [1.82, 2.24) is 13.7 Å². The fourth-order valence-electron chi connectivity index (χ4n) is 10.9. The van der Waals surface area contributed by atoms with E-state index in [4.69, 9.17) is 4.42 Å². The third-order valence-electron chi connectivity index (χ3n) is 13.9. The summed E-state index contributed by atoms with van der Waals surface area (Å²) in [5.41, 5.74) is 19.6. The first-order valence-corrected chi connectivity index (χ1v) is 22.7. The molecule has 0 bridgehead atoms. The molecule has 0 amide bonds. The van der Waals surface area contributed by atoms with Crippen LogP contribution in [0.5, 0.6) is 0 Å². The molecule has 14 aromatic rings. The van der Waals surface area contributed by atoms with Gasteiger partial charge in [0, 0.05) is 60.2 Å². The normalized spacial score (nSPS) is 12.1. The minimum Gasteiger partial charge on any atom is -0.456 e. The van der Waals surface area contributed by atoms with Crippen LogP contribution in [0.2, 0.25) is 0 Å². The summed E-state index contributed by atoms with van der Waals surface area (Å²) in [6.45, 7) is 4.36. The zero-order valence-electron chi connectivity index (χ0n) is 36.5. The lowest BCUT2D eigenvalue weighted by atomic mass is 9.98. The molecule has 10 aromatic carbocycles. The van der Waals surface area contributed by atoms with Gasteiger partial charge >= 0.3 is 0 Å². The first kappa shape index (κ1) is 36.8. The third kappa shape index (κ3) is 5.45. The van der Waals surface area contributed by atoms with Gasteiger partial charge in [-0.05, 0) is 157 Å². The van der Waals surface area contributed by atoms with Gasteiger partial charge in [0.25, 0.3) is 0 Å². The Balaban J connectivity index is 0.989. The van der Waals surface area contributed by atoms with E-state index in [2.05, 4.69) is 228 Å². The molecule has 0 aliphatic heterocycles. The molecule has 4 aromatic heterocycles. The number of fused-ring (bicyclic) bond motifs is 12. The lowest BCUT2D eigenvalue weighted by Gasteiger charge is -2.10. The van der Waals surface area contributed by atoms with Gasteiger partial charge in [0.05, 0.1) is 33.1 Å². The van der Waals surface area contributed by atoms with Crippen molar-refractivity contribution in [3.05, 3.63) is 223 Å². The molecule has 4 nitrogen and oxygen atoms in total. The second kappa shape index (κ2) is 13.9. The molecular weight excluding hydrogens is 803 g/mol. The summed E-state index contributed by atoms with van der Waals surface area (Å²) >= 11 is 0. The Morgan fingerprint density at radius 2 is 0.621 bits per heavy atom. The molecule has 0 saturated heterocycles. The summed E-state index contributed by atoms with van der Waals surface area (Å²) < 4.78 is 13.5. The van der Waals surface area contributed by atoms with E-state index < -0.39 is 0 Å². The monoisotopic (exact) mass is 843 g/mol. The Morgan fingerprint density at radius 3 is 1.08 bits per heavy atom. The molecule has 0 unspecified atom stereocenters. The summed E-state index contributed by atoms with van der Waals surface area (Å²) in [7, 11) is 0. The van der Waals surface area contributed by atoms with Gasteiger partial charge in [0.15, 0.2) is 0 Å². The SMILES string of the molecule is Cc1ccc2c(c1)c1cc(-c3ccc4c(c3)c3cc(-c5ccc6c(c5)c5cc(C)ccc5n6-c5ccccc5)ccc3n4-c3ccc4oc5ccccc5c4c3)ccc1n2-c1ccccc1. The average molecular weight is 844 g/mol. The predicted octanol–water partition coefficient (Wildman–Crippen LogP) is 16.8. The Kier molecular flexibility index (Phi) is 7.79. The zero-order chi connectivity index (χ0) is 43.6. The Labute approximate surface area is 380 Å².